The van der Waals surface area contributed by atoms with Gasteiger partial charge in [0.25, 0.3) is 0 Å². The molecular weight excluding hydrogens is 228 g/mol. The molecule has 2 nitrogen and oxygen atoms in total. The van der Waals surface area contributed by atoms with Crippen LogP contribution >= 0.6 is 11.8 Å². The Balaban J connectivity index is 2.12. The lowest BCUT2D eigenvalue weighted by Crippen LogP contribution is -1.97. The van der Waals surface area contributed by atoms with Crippen LogP contribution in [0.4, 0.5) is 5.69 Å². The first-order valence-electron chi connectivity index (χ1n) is 5.51. The fourth-order valence-corrected chi connectivity index (χ4v) is 2.87. The lowest BCUT2D eigenvalue weighted by atomic mass is 10.1. The molecule has 0 saturated heterocycles. The fourth-order valence-electron chi connectivity index (χ4n) is 1.81. The van der Waals surface area contributed by atoms with E-state index >= 15 is 0 Å². The highest BCUT2D eigenvalue weighted by Crippen LogP contribution is 2.38. The molecule has 84 valence electrons. The predicted molar refractivity (Wildman–Crippen MR) is 72.2 cm³/mol. The van der Waals surface area contributed by atoms with Gasteiger partial charge >= 0.3 is 0 Å². The summed E-state index contributed by atoms with van der Waals surface area (Å²) in [5, 5.41) is 0. The van der Waals surface area contributed by atoms with Crippen molar-refractivity contribution in [2.24, 2.45) is 10.7 Å². The quantitative estimate of drug-likeness (QED) is 0.708. The van der Waals surface area contributed by atoms with Gasteiger partial charge in [-0.15, -0.1) is 0 Å². The number of para-hydroxylation sites is 1. The van der Waals surface area contributed by atoms with Crippen LogP contribution in [0.3, 0.4) is 0 Å². The second kappa shape index (κ2) is 4.35. The van der Waals surface area contributed by atoms with E-state index in [0.717, 1.165) is 16.8 Å². The second-order valence-electron chi connectivity index (χ2n) is 3.90. The molecule has 1 heterocycles. The highest BCUT2D eigenvalue weighted by atomic mass is 32.2. The normalized spacial score (nSPS) is 12.8. The van der Waals surface area contributed by atoms with Gasteiger partial charge in [-0.1, -0.05) is 36.0 Å². The van der Waals surface area contributed by atoms with Crippen molar-refractivity contribution in [3.8, 4) is 0 Å². The number of rotatable bonds is 1. The minimum absolute atomic E-state index is 0.576. The van der Waals surface area contributed by atoms with Crippen LogP contribution in [0.15, 0.2) is 57.2 Å². The average molecular weight is 240 g/mol. The van der Waals surface area contributed by atoms with Gasteiger partial charge in [-0.25, -0.2) is 0 Å². The summed E-state index contributed by atoms with van der Waals surface area (Å²) in [6, 6.07) is 14.5. The first-order valence-corrected chi connectivity index (χ1v) is 6.32. The number of nitrogens with two attached hydrogens (primary N) is 1. The molecule has 0 radical (unpaired) electrons. The monoisotopic (exact) mass is 240 g/mol. The highest BCUT2D eigenvalue weighted by Gasteiger charge is 2.10. The third-order valence-electron chi connectivity index (χ3n) is 2.74. The zero-order valence-electron chi connectivity index (χ0n) is 9.26. The number of hydrogen-bond donors (Lipinski definition) is 1. The molecule has 0 spiro atoms. The summed E-state index contributed by atoms with van der Waals surface area (Å²) in [4.78, 5) is 6.92. The molecule has 0 amide bonds. The van der Waals surface area contributed by atoms with Crippen LogP contribution in [0.1, 0.15) is 11.1 Å². The van der Waals surface area contributed by atoms with E-state index in [9.17, 15) is 0 Å². The fraction of sp³-hybridized carbons (Fsp3) is 0.0714. The minimum atomic E-state index is 0.576. The van der Waals surface area contributed by atoms with Crippen molar-refractivity contribution in [3.63, 3.8) is 0 Å². The van der Waals surface area contributed by atoms with Gasteiger partial charge in [-0.3, -0.25) is 4.99 Å². The van der Waals surface area contributed by atoms with Crippen LogP contribution in [-0.2, 0) is 6.54 Å². The third-order valence-corrected chi connectivity index (χ3v) is 3.88. The van der Waals surface area contributed by atoms with Crippen LogP contribution in [0.2, 0.25) is 0 Å². The molecule has 0 aliphatic carbocycles. The first kappa shape index (κ1) is 10.6. The van der Waals surface area contributed by atoms with Gasteiger partial charge in [-0.05, 0) is 23.8 Å². The predicted octanol–water partition coefficient (Wildman–Crippen LogP) is 3.36. The molecule has 3 rings (SSSR count). The topological polar surface area (TPSA) is 38.4 Å². The van der Waals surface area contributed by atoms with Crippen molar-refractivity contribution in [1.82, 2.24) is 0 Å². The van der Waals surface area contributed by atoms with E-state index in [1.165, 1.54) is 9.79 Å². The zero-order chi connectivity index (χ0) is 11.7. The number of nitrogens with zero attached hydrogens (tertiary/aromatic N) is 1. The Hall–Kier alpha value is -1.58. The third kappa shape index (κ3) is 1.99. The minimum Gasteiger partial charge on any atom is -0.326 e. The molecule has 17 heavy (non-hydrogen) atoms. The maximum absolute atomic E-state index is 5.67. The van der Waals surface area contributed by atoms with Crippen molar-refractivity contribution < 1.29 is 0 Å². The van der Waals surface area contributed by atoms with Crippen molar-refractivity contribution in [2.75, 3.05) is 0 Å². The van der Waals surface area contributed by atoms with E-state index in [0.29, 0.717) is 6.54 Å². The standard InChI is InChI=1S/C14H12N2S/c15-8-10-5-6-11-9-16-12-3-1-2-4-13(12)17-14(11)7-10/h1-7,9H,8,15H2. The van der Waals surface area contributed by atoms with Crippen LogP contribution in [0.25, 0.3) is 0 Å². The summed E-state index contributed by atoms with van der Waals surface area (Å²) in [6.07, 6.45) is 1.93. The van der Waals surface area contributed by atoms with Gasteiger partial charge in [-0.2, -0.15) is 0 Å². The Kier molecular flexibility index (Phi) is 2.71. The van der Waals surface area contributed by atoms with Crippen LogP contribution < -0.4 is 5.73 Å². The van der Waals surface area contributed by atoms with Crippen LogP contribution in [0, 0.1) is 0 Å². The highest BCUT2D eigenvalue weighted by molar-refractivity contribution is 7.99. The Morgan fingerprint density at radius 1 is 1.06 bits per heavy atom. The summed E-state index contributed by atoms with van der Waals surface area (Å²) in [5.41, 5.74) is 9.02. The maximum Gasteiger partial charge on any atom is 0.0769 e. The molecule has 3 heteroatoms. The number of benzene rings is 2. The van der Waals surface area contributed by atoms with E-state index in [-0.39, 0.29) is 0 Å². The van der Waals surface area contributed by atoms with Crippen molar-refractivity contribution in [2.45, 2.75) is 16.3 Å². The maximum atomic E-state index is 5.67. The molecule has 1 aliphatic heterocycles. The molecule has 0 saturated carbocycles. The van der Waals surface area contributed by atoms with Gasteiger partial charge < -0.3 is 5.73 Å². The van der Waals surface area contributed by atoms with Gasteiger partial charge in [0.2, 0.25) is 0 Å². The van der Waals surface area contributed by atoms with E-state index in [2.05, 4.69) is 29.3 Å². The zero-order valence-corrected chi connectivity index (χ0v) is 10.1. The molecule has 2 N–H and O–H groups in total. The SMILES string of the molecule is NCc1ccc2c(c1)Sc1ccccc1N=C2. The summed E-state index contributed by atoms with van der Waals surface area (Å²) in [5.74, 6) is 0. The lowest BCUT2D eigenvalue weighted by molar-refractivity contribution is 1.06. The average Bonchev–Trinajstić information content (AvgIpc) is 2.56. The molecule has 2 aromatic rings. The summed E-state index contributed by atoms with van der Waals surface area (Å²) in [7, 11) is 0. The lowest BCUT2D eigenvalue weighted by Gasteiger charge is -2.06. The van der Waals surface area contributed by atoms with E-state index < -0.39 is 0 Å². The first-order chi connectivity index (χ1) is 8.36. The summed E-state index contributed by atoms with van der Waals surface area (Å²) >= 11 is 1.75. The van der Waals surface area contributed by atoms with Crippen LogP contribution in [-0.4, -0.2) is 6.21 Å². The van der Waals surface area contributed by atoms with Crippen molar-refractivity contribution >= 4 is 23.7 Å². The Morgan fingerprint density at radius 2 is 1.94 bits per heavy atom. The van der Waals surface area contributed by atoms with E-state index in [1.807, 2.05) is 24.4 Å². The summed E-state index contributed by atoms with van der Waals surface area (Å²) < 4.78 is 0. The smallest absolute Gasteiger partial charge is 0.0769 e. The van der Waals surface area contributed by atoms with Crippen LogP contribution in [0.5, 0.6) is 0 Å². The molecule has 0 bridgehead atoms. The van der Waals surface area contributed by atoms with Gasteiger partial charge in [0.1, 0.15) is 0 Å². The Labute approximate surface area is 105 Å². The summed E-state index contributed by atoms with van der Waals surface area (Å²) in [6.45, 7) is 0.576. The van der Waals surface area contributed by atoms with Crippen molar-refractivity contribution in [1.29, 1.82) is 0 Å². The molecule has 0 fully saturated rings. The number of fused-ring (bicyclic) bond motifs is 2. The van der Waals surface area contributed by atoms with Gasteiger partial charge in [0.05, 0.1) is 5.69 Å². The molecular formula is C14H12N2S. The molecule has 0 atom stereocenters. The molecule has 1 aliphatic rings. The molecule has 0 unspecified atom stereocenters. The van der Waals surface area contributed by atoms with Gasteiger partial charge in [0, 0.05) is 28.1 Å². The Bertz CT molecular complexity index is 591. The van der Waals surface area contributed by atoms with Gasteiger partial charge in [0.15, 0.2) is 0 Å². The second-order valence-corrected chi connectivity index (χ2v) is 4.99. The number of aliphatic imine (C=N–C) groups is 1. The molecule has 2 aromatic carbocycles. The van der Waals surface area contributed by atoms with Crippen molar-refractivity contribution in [3.05, 3.63) is 53.6 Å². The van der Waals surface area contributed by atoms with E-state index in [4.69, 9.17) is 5.73 Å². The van der Waals surface area contributed by atoms with E-state index in [1.54, 1.807) is 11.8 Å². The Morgan fingerprint density at radius 3 is 2.82 bits per heavy atom. The number of hydrogen-bond acceptors (Lipinski definition) is 3. The largest absolute Gasteiger partial charge is 0.326 e. The molecule has 0 aromatic heterocycles.